The topological polar surface area (TPSA) is 54.3 Å². The second-order valence-corrected chi connectivity index (χ2v) is 7.81. The van der Waals surface area contributed by atoms with Crippen molar-refractivity contribution in [2.24, 2.45) is 7.05 Å². The summed E-state index contributed by atoms with van der Waals surface area (Å²) in [5.41, 5.74) is 2.58. The summed E-state index contributed by atoms with van der Waals surface area (Å²) in [4.78, 5) is 26.7. The predicted octanol–water partition coefficient (Wildman–Crippen LogP) is 3.62. The number of carbonyl (C=O) groups excluding carboxylic acids is 1. The molecule has 2 amide bonds. The average Bonchev–Trinajstić information content (AvgIpc) is 3.25. The van der Waals surface area contributed by atoms with E-state index in [1.165, 1.54) is 24.2 Å². The van der Waals surface area contributed by atoms with Crippen LogP contribution in [0.15, 0.2) is 29.1 Å². The molecule has 1 saturated carbocycles. The first-order valence-electron chi connectivity index (χ1n) is 8.37. The summed E-state index contributed by atoms with van der Waals surface area (Å²) < 4.78 is 2.55. The fourth-order valence-electron chi connectivity index (χ4n) is 3.95. The Kier molecular flexibility index (Phi) is 3.53. The van der Waals surface area contributed by atoms with Gasteiger partial charge in [0.2, 0.25) is 0 Å². The van der Waals surface area contributed by atoms with Gasteiger partial charge in [0, 0.05) is 19.3 Å². The Hall–Kier alpha value is -2.08. The Bertz CT molecular complexity index is 903. The van der Waals surface area contributed by atoms with Crippen LogP contribution in [0.4, 0.5) is 10.5 Å². The van der Waals surface area contributed by atoms with Gasteiger partial charge < -0.3 is 14.8 Å². The molecule has 6 heteroatoms. The maximum Gasteiger partial charge on any atom is 0.322 e. The zero-order valence-corrected chi connectivity index (χ0v) is 14.8. The smallest absolute Gasteiger partial charge is 0.312 e. The predicted molar refractivity (Wildman–Crippen MR) is 97.9 cm³/mol. The molecule has 2 aliphatic rings. The van der Waals surface area contributed by atoms with Gasteiger partial charge in [0.25, 0.3) is 0 Å². The van der Waals surface area contributed by atoms with E-state index in [-0.39, 0.29) is 16.4 Å². The van der Waals surface area contributed by atoms with E-state index < -0.39 is 0 Å². The molecule has 2 aromatic rings. The van der Waals surface area contributed by atoms with Crippen LogP contribution in [0.25, 0.3) is 10.2 Å². The van der Waals surface area contributed by atoms with Crippen LogP contribution in [-0.2, 0) is 7.05 Å². The quantitative estimate of drug-likeness (QED) is 0.804. The molecule has 1 aliphatic heterocycles. The molecule has 1 N–H and O–H groups in total. The Morgan fingerprint density at radius 1 is 1.29 bits per heavy atom. The molecule has 5 nitrogen and oxygen atoms in total. The minimum Gasteiger partial charge on any atom is -0.312 e. The molecule has 0 atom stereocenters. The zero-order valence-electron chi connectivity index (χ0n) is 14.0. The van der Waals surface area contributed by atoms with Crippen molar-refractivity contribution >= 4 is 33.3 Å². The number of fused-ring (bicyclic) bond motifs is 1. The van der Waals surface area contributed by atoms with E-state index in [0.717, 1.165) is 34.3 Å². The van der Waals surface area contributed by atoms with Crippen LogP contribution in [0.3, 0.4) is 0 Å². The van der Waals surface area contributed by atoms with E-state index in [9.17, 15) is 9.59 Å². The van der Waals surface area contributed by atoms with Crippen molar-refractivity contribution in [1.82, 2.24) is 9.47 Å². The lowest BCUT2D eigenvalue weighted by atomic mass is 9.98. The number of aromatic nitrogens is 1. The van der Waals surface area contributed by atoms with Gasteiger partial charge in [-0.05, 0) is 37.5 Å². The number of nitrogens with zero attached hydrogens (tertiary/aromatic N) is 2. The van der Waals surface area contributed by atoms with Gasteiger partial charge in [0.1, 0.15) is 0 Å². The van der Waals surface area contributed by atoms with Crippen molar-refractivity contribution in [2.45, 2.75) is 38.1 Å². The van der Waals surface area contributed by atoms with Gasteiger partial charge in [-0.2, -0.15) is 0 Å². The number of urea groups is 1. The minimum absolute atomic E-state index is 0.0153. The molecule has 0 unspecified atom stereocenters. The summed E-state index contributed by atoms with van der Waals surface area (Å²) in [6.45, 7) is 2.64. The summed E-state index contributed by atoms with van der Waals surface area (Å²) in [7, 11) is 1.78. The van der Waals surface area contributed by atoms with Crippen molar-refractivity contribution in [3.05, 3.63) is 39.5 Å². The van der Waals surface area contributed by atoms with Crippen LogP contribution in [0.2, 0.25) is 0 Å². The Balaban J connectivity index is 1.63. The van der Waals surface area contributed by atoms with Gasteiger partial charge >= 0.3 is 10.9 Å². The van der Waals surface area contributed by atoms with Crippen LogP contribution >= 0.6 is 11.3 Å². The maximum absolute atomic E-state index is 12.8. The fraction of sp³-hybridized carbons (Fsp3) is 0.444. The van der Waals surface area contributed by atoms with Crippen molar-refractivity contribution in [1.29, 1.82) is 0 Å². The van der Waals surface area contributed by atoms with Crippen LogP contribution in [0.5, 0.6) is 0 Å². The van der Waals surface area contributed by atoms with Gasteiger partial charge in [0.15, 0.2) is 0 Å². The normalized spacial score (nSPS) is 18.8. The molecule has 1 spiro atoms. The largest absolute Gasteiger partial charge is 0.322 e. The maximum atomic E-state index is 12.8. The summed E-state index contributed by atoms with van der Waals surface area (Å²) in [6.07, 6.45) is 8.77. The zero-order chi connectivity index (χ0) is 16.9. The number of amides is 2. The fourth-order valence-corrected chi connectivity index (χ4v) is 4.85. The molecule has 24 heavy (non-hydrogen) atoms. The van der Waals surface area contributed by atoms with Gasteiger partial charge in [-0.3, -0.25) is 4.79 Å². The Morgan fingerprint density at radius 3 is 2.79 bits per heavy atom. The highest BCUT2D eigenvalue weighted by atomic mass is 32.1. The first-order valence-corrected chi connectivity index (χ1v) is 9.18. The number of rotatable bonds is 1. The monoisotopic (exact) mass is 343 g/mol. The van der Waals surface area contributed by atoms with Gasteiger partial charge in [-0.25, -0.2) is 4.79 Å². The SMILES string of the molecule is Cc1cc2c(cc1NC(=O)N1CC=CC13CCCC3)sc(=O)n2C. The third-order valence-electron chi connectivity index (χ3n) is 5.35. The standard InChI is InChI=1S/C18H21N3O2S/c1-12-10-14-15(24-17(23)20(14)2)11-13(12)19-16(22)21-9-5-8-18(21)6-3-4-7-18/h5,8,10-11H,3-4,6-7,9H2,1-2H3,(H,19,22). The van der Waals surface area contributed by atoms with E-state index in [1.807, 2.05) is 24.0 Å². The molecule has 1 aliphatic carbocycles. The number of thiazole rings is 1. The molecular weight excluding hydrogens is 322 g/mol. The molecule has 4 rings (SSSR count). The lowest BCUT2D eigenvalue weighted by Gasteiger charge is -2.34. The number of anilines is 1. The second kappa shape index (κ2) is 5.48. The van der Waals surface area contributed by atoms with E-state index in [0.29, 0.717) is 6.54 Å². The molecule has 2 heterocycles. The molecule has 0 saturated heterocycles. The Labute approximate surface area is 144 Å². The van der Waals surface area contributed by atoms with E-state index in [2.05, 4.69) is 17.5 Å². The van der Waals surface area contributed by atoms with Crippen LogP contribution in [-0.4, -0.2) is 27.6 Å². The van der Waals surface area contributed by atoms with Crippen molar-refractivity contribution in [3.8, 4) is 0 Å². The number of aryl methyl sites for hydroxylation is 2. The average molecular weight is 343 g/mol. The van der Waals surface area contributed by atoms with E-state index in [4.69, 9.17) is 0 Å². The van der Waals surface area contributed by atoms with E-state index >= 15 is 0 Å². The molecule has 1 aromatic carbocycles. The molecule has 1 aromatic heterocycles. The molecular formula is C18H21N3O2S. The van der Waals surface area contributed by atoms with Crippen molar-refractivity contribution in [3.63, 3.8) is 0 Å². The number of hydrogen-bond donors (Lipinski definition) is 1. The van der Waals surface area contributed by atoms with Gasteiger partial charge in [-0.15, -0.1) is 0 Å². The first-order chi connectivity index (χ1) is 11.5. The summed E-state index contributed by atoms with van der Waals surface area (Å²) in [5.74, 6) is 0. The molecule has 126 valence electrons. The second-order valence-electron chi connectivity index (χ2n) is 6.82. The van der Waals surface area contributed by atoms with Crippen LogP contribution in [0, 0.1) is 6.92 Å². The van der Waals surface area contributed by atoms with Crippen molar-refractivity contribution < 1.29 is 4.79 Å². The van der Waals surface area contributed by atoms with Crippen molar-refractivity contribution in [2.75, 3.05) is 11.9 Å². The van der Waals surface area contributed by atoms with Gasteiger partial charge in [0.05, 0.1) is 15.8 Å². The van der Waals surface area contributed by atoms with Gasteiger partial charge in [-0.1, -0.05) is 36.3 Å². The number of nitrogens with one attached hydrogen (secondary N) is 1. The first kappa shape index (κ1) is 15.4. The van der Waals surface area contributed by atoms with Crippen LogP contribution in [0.1, 0.15) is 31.2 Å². The third-order valence-corrected chi connectivity index (χ3v) is 6.34. The highest BCUT2D eigenvalue weighted by Gasteiger charge is 2.42. The number of benzene rings is 1. The Morgan fingerprint density at radius 2 is 2.04 bits per heavy atom. The number of hydrogen-bond acceptors (Lipinski definition) is 3. The summed E-state index contributed by atoms with van der Waals surface area (Å²) in [6, 6.07) is 3.84. The van der Waals surface area contributed by atoms with Crippen LogP contribution < -0.4 is 10.2 Å². The van der Waals surface area contributed by atoms with E-state index in [1.54, 1.807) is 11.6 Å². The summed E-state index contributed by atoms with van der Waals surface area (Å²) in [5, 5.41) is 3.07. The molecule has 0 radical (unpaired) electrons. The third kappa shape index (κ3) is 2.28. The minimum atomic E-state index is -0.0837. The molecule has 0 bridgehead atoms. The highest BCUT2D eigenvalue weighted by Crippen LogP contribution is 2.39. The lowest BCUT2D eigenvalue weighted by molar-refractivity contribution is 0.175. The summed E-state index contributed by atoms with van der Waals surface area (Å²) >= 11 is 1.21. The lowest BCUT2D eigenvalue weighted by Crippen LogP contribution is -2.47. The highest BCUT2D eigenvalue weighted by molar-refractivity contribution is 7.16. The molecule has 1 fully saturated rings. The number of carbonyl (C=O) groups is 1.